The molecule has 0 aliphatic carbocycles. The fraction of sp³-hybridized carbons (Fsp3) is 0.333. The summed E-state index contributed by atoms with van der Waals surface area (Å²) < 4.78 is 5.96. The predicted octanol–water partition coefficient (Wildman–Crippen LogP) is 4.23. The highest BCUT2D eigenvalue weighted by Crippen LogP contribution is 2.33. The molecule has 0 bridgehead atoms. The summed E-state index contributed by atoms with van der Waals surface area (Å²) >= 11 is 0. The molecular weight excluding hydrogens is 408 g/mol. The fourth-order valence-electron chi connectivity index (χ4n) is 3.76. The van der Waals surface area contributed by atoms with Gasteiger partial charge in [-0.25, -0.2) is 0 Å². The molecule has 3 rings (SSSR count). The first-order valence-corrected chi connectivity index (χ1v) is 13.3. The third kappa shape index (κ3) is 4.57. The molecule has 6 nitrogen and oxygen atoms in total. The lowest BCUT2D eigenvalue weighted by atomic mass is 9.85. The van der Waals surface area contributed by atoms with Crippen molar-refractivity contribution in [3.8, 4) is 5.75 Å². The SMILES string of the molecule is CCO[Si](C)(C)c1cc(C(C)(C)C)c(NC(=O)c2c[nH]c3ccccc3c2=O)cc1O. The van der Waals surface area contributed by atoms with E-state index in [0.29, 0.717) is 23.2 Å². The highest BCUT2D eigenvalue weighted by atomic mass is 28.4. The van der Waals surface area contributed by atoms with E-state index in [1.54, 1.807) is 24.3 Å². The zero-order valence-corrected chi connectivity index (χ0v) is 19.9. The Hall–Kier alpha value is -2.90. The fourth-order valence-corrected chi connectivity index (χ4v) is 5.82. The number of anilines is 1. The number of H-pyrrole nitrogens is 1. The van der Waals surface area contributed by atoms with Crippen LogP contribution in [0.2, 0.25) is 13.1 Å². The Bertz CT molecular complexity index is 1190. The lowest BCUT2D eigenvalue weighted by molar-refractivity contribution is 0.102. The van der Waals surface area contributed by atoms with E-state index in [-0.39, 0.29) is 22.2 Å². The number of fused-ring (bicyclic) bond motifs is 1. The summed E-state index contributed by atoms with van der Waals surface area (Å²) in [7, 11) is -2.32. The highest BCUT2D eigenvalue weighted by molar-refractivity contribution is 6.85. The van der Waals surface area contributed by atoms with E-state index < -0.39 is 14.2 Å². The van der Waals surface area contributed by atoms with Crippen molar-refractivity contribution in [1.82, 2.24) is 4.98 Å². The molecule has 1 amide bonds. The van der Waals surface area contributed by atoms with Gasteiger partial charge in [0.2, 0.25) is 13.7 Å². The maximum Gasteiger partial charge on any atom is 0.261 e. The number of phenols is 1. The van der Waals surface area contributed by atoms with E-state index in [9.17, 15) is 14.7 Å². The summed E-state index contributed by atoms with van der Waals surface area (Å²) in [6.07, 6.45) is 1.43. The number of phenolic OH excluding ortho intramolecular Hbond substituents is 1. The molecule has 0 saturated heterocycles. The monoisotopic (exact) mass is 438 g/mol. The quantitative estimate of drug-likeness (QED) is 0.520. The van der Waals surface area contributed by atoms with E-state index in [1.807, 2.05) is 52.9 Å². The number of carbonyl (C=O) groups is 1. The van der Waals surface area contributed by atoms with Crippen LogP contribution in [0.25, 0.3) is 10.9 Å². The maximum absolute atomic E-state index is 13.0. The van der Waals surface area contributed by atoms with Gasteiger partial charge in [-0.3, -0.25) is 9.59 Å². The standard InChI is InChI=1S/C24H30N2O4Si/c1-7-30-31(5,6)21-12-17(24(2,3)4)19(13-20(21)27)26-23(29)16-14-25-18-11-9-8-10-15(18)22(16)28/h8-14,27H,7H2,1-6H3,(H,25,28)(H,26,29). The van der Waals surface area contributed by atoms with Gasteiger partial charge in [-0.15, -0.1) is 0 Å². The Balaban J connectivity index is 2.07. The number of aromatic hydroxyl groups is 1. The molecule has 0 spiro atoms. The molecule has 164 valence electrons. The van der Waals surface area contributed by atoms with Crippen LogP contribution in [-0.2, 0) is 9.84 Å². The maximum atomic E-state index is 13.0. The number of aromatic amines is 1. The molecule has 2 aromatic carbocycles. The summed E-state index contributed by atoms with van der Waals surface area (Å²) in [5.41, 5.74) is 1.39. The molecule has 0 aliphatic heterocycles. The van der Waals surface area contributed by atoms with E-state index in [0.717, 1.165) is 10.8 Å². The summed E-state index contributed by atoms with van der Waals surface area (Å²) in [6.45, 7) is 12.7. The second kappa shape index (κ2) is 8.32. The van der Waals surface area contributed by atoms with Crippen molar-refractivity contribution in [2.45, 2.75) is 46.2 Å². The second-order valence-electron chi connectivity index (χ2n) is 9.14. The van der Waals surface area contributed by atoms with Crippen molar-refractivity contribution in [3.63, 3.8) is 0 Å². The molecule has 0 aliphatic rings. The molecule has 3 N–H and O–H groups in total. The zero-order valence-electron chi connectivity index (χ0n) is 18.9. The highest BCUT2D eigenvalue weighted by Gasteiger charge is 2.31. The number of pyridine rings is 1. The smallest absolute Gasteiger partial charge is 0.261 e. The molecule has 0 radical (unpaired) electrons. The molecule has 31 heavy (non-hydrogen) atoms. The first kappa shape index (κ1) is 22.8. The predicted molar refractivity (Wildman–Crippen MR) is 128 cm³/mol. The van der Waals surface area contributed by atoms with Crippen molar-refractivity contribution >= 4 is 36.0 Å². The molecular formula is C24H30N2O4Si. The van der Waals surface area contributed by atoms with Crippen LogP contribution in [0.15, 0.2) is 47.4 Å². The van der Waals surface area contributed by atoms with E-state index >= 15 is 0 Å². The van der Waals surface area contributed by atoms with Gasteiger partial charge < -0.3 is 19.8 Å². The van der Waals surface area contributed by atoms with Gasteiger partial charge in [0.05, 0.1) is 0 Å². The molecule has 3 aromatic rings. The number of hydrogen-bond acceptors (Lipinski definition) is 4. The summed E-state index contributed by atoms with van der Waals surface area (Å²) in [4.78, 5) is 28.9. The number of hydrogen-bond donors (Lipinski definition) is 3. The topological polar surface area (TPSA) is 91.4 Å². The number of benzene rings is 2. The average molecular weight is 439 g/mol. The minimum Gasteiger partial charge on any atom is -0.508 e. The number of nitrogens with one attached hydrogen (secondary N) is 2. The van der Waals surface area contributed by atoms with Crippen LogP contribution in [0.4, 0.5) is 5.69 Å². The average Bonchev–Trinajstić information content (AvgIpc) is 2.67. The minimum atomic E-state index is -2.32. The van der Waals surface area contributed by atoms with E-state index in [4.69, 9.17) is 4.43 Å². The molecule has 0 fully saturated rings. The van der Waals surface area contributed by atoms with E-state index in [2.05, 4.69) is 10.3 Å². The number of aromatic nitrogens is 1. The van der Waals surface area contributed by atoms with Crippen molar-refractivity contribution in [2.24, 2.45) is 0 Å². The van der Waals surface area contributed by atoms with Gasteiger partial charge in [-0.05, 0) is 43.1 Å². The van der Waals surface area contributed by atoms with Gasteiger partial charge in [-0.1, -0.05) is 39.0 Å². The van der Waals surface area contributed by atoms with Crippen molar-refractivity contribution in [1.29, 1.82) is 0 Å². The first-order valence-electron chi connectivity index (χ1n) is 10.4. The zero-order chi connectivity index (χ0) is 23.0. The van der Waals surface area contributed by atoms with Crippen molar-refractivity contribution < 1.29 is 14.3 Å². The first-order chi connectivity index (χ1) is 14.5. The van der Waals surface area contributed by atoms with Crippen LogP contribution in [0, 0.1) is 0 Å². The summed E-state index contributed by atoms with van der Waals surface area (Å²) in [5, 5.41) is 14.8. The van der Waals surface area contributed by atoms with Crippen molar-refractivity contribution in [3.05, 3.63) is 63.9 Å². The molecule has 0 saturated carbocycles. The molecule has 1 aromatic heterocycles. The van der Waals surface area contributed by atoms with Gasteiger partial charge in [0, 0.05) is 40.6 Å². The Kier molecular flexibility index (Phi) is 6.11. The van der Waals surface area contributed by atoms with Crippen LogP contribution in [0.1, 0.15) is 43.6 Å². The molecule has 0 unspecified atom stereocenters. The van der Waals surface area contributed by atoms with Crippen LogP contribution in [0.3, 0.4) is 0 Å². The normalized spacial score (nSPS) is 12.2. The Morgan fingerprint density at radius 1 is 1.19 bits per heavy atom. The minimum absolute atomic E-state index is 0.0196. The van der Waals surface area contributed by atoms with Gasteiger partial charge in [0.15, 0.2) is 0 Å². The van der Waals surface area contributed by atoms with Crippen molar-refractivity contribution in [2.75, 3.05) is 11.9 Å². The van der Waals surface area contributed by atoms with E-state index in [1.165, 1.54) is 6.20 Å². The Morgan fingerprint density at radius 2 is 1.87 bits per heavy atom. The number of para-hydroxylation sites is 1. The Morgan fingerprint density at radius 3 is 2.52 bits per heavy atom. The van der Waals surface area contributed by atoms with Gasteiger partial charge in [-0.2, -0.15) is 0 Å². The third-order valence-corrected chi connectivity index (χ3v) is 8.09. The van der Waals surface area contributed by atoms with Crippen LogP contribution in [0.5, 0.6) is 5.75 Å². The number of rotatable bonds is 5. The summed E-state index contributed by atoms with van der Waals surface area (Å²) in [5.74, 6) is -0.438. The third-order valence-electron chi connectivity index (χ3n) is 5.38. The molecule has 1 heterocycles. The number of amides is 1. The lowest BCUT2D eigenvalue weighted by Gasteiger charge is -2.29. The van der Waals surface area contributed by atoms with Crippen LogP contribution >= 0.6 is 0 Å². The van der Waals surface area contributed by atoms with Crippen LogP contribution < -0.4 is 15.9 Å². The Labute approximate surface area is 183 Å². The molecule has 0 atom stereocenters. The largest absolute Gasteiger partial charge is 0.508 e. The van der Waals surface area contributed by atoms with Crippen LogP contribution in [-0.4, -0.2) is 30.9 Å². The second-order valence-corrected chi connectivity index (χ2v) is 13.0. The van der Waals surface area contributed by atoms with Gasteiger partial charge in [0.1, 0.15) is 11.3 Å². The van der Waals surface area contributed by atoms with Gasteiger partial charge >= 0.3 is 0 Å². The summed E-state index contributed by atoms with van der Waals surface area (Å²) in [6, 6.07) is 10.6. The molecule has 7 heteroatoms. The number of carbonyl (C=O) groups excluding carboxylic acids is 1. The van der Waals surface area contributed by atoms with Gasteiger partial charge in [0.25, 0.3) is 5.91 Å². The lowest BCUT2D eigenvalue weighted by Crippen LogP contribution is -2.45.